The molecule has 2 amide bonds. The predicted molar refractivity (Wildman–Crippen MR) is 306 cm³/mol. The molecule has 16 heteroatoms. The largest absolute Gasteiger partial charge is 0.481 e. The molecule has 0 aromatic carbocycles. The summed E-state index contributed by atoms with van der Waals surface area (Å²) in [7, 11) is 7.45. The Morgan fingerprint density at radius 2 is 0.816 bits per heavy atom. The van der Waals surface area contributed by atoms with Gasteiger partial charge in [0.2, 0.25) is 11.8 Å². The second-order valence-electron chi connectivity index (χ2n) is 23.5. The van der Waals surface area contributed by atoms with E-state index in [0.717, 1.165) is 38.5 Å². The van der Waals surface area contributed by atoms with Crippen molar-refractivity contribution in [3.63, 3.8) is 0 Å². The Bertz CT molecular complexity index is 1510. The van der Waals surface area contributed by atoms with Gasteiger partial charge in [-0.1, -0.05) is 197 Å². The molecule has 448 valence electrons. The summed E-state index contributed by atoms with van der Waals surface area (Å²) in [6.45, 7) is 16.9. The number of esters is 3. The molecule has 3 unspecified atom stereocenters. The van der Waals surface area contributed by atoms with E-state index < -0.39 is 46.7 Å². The number of carbonyl (C=O) groups is 6. The fourth-order valence-electron chi connectivity index (χ4n) is 8.67. The highest BCUT2D eigenvalue weighted by atomic mass is 16.5. The Morgan fingerprint density at radius 1 is 0.474 bits per heavy atom. The molecular weight excluding hydrogens is 969 g/mol. The number of hydrogen-bond acceptors (Lipinski definition) is 13. The van der Waals surface area contributed by atoms with E-state index in [4.69, 9.17) is 14.2 Å². The minimum absolute atomic E-state index is 0.0219. The molecule has 0 fully saturated rings. The zero-order chi connectivity index (χ0) is 57.8. The van der Waals surface area contributed by atoms with Gasteiger partial charge in [-0.25, -0.2) is 0 Å². The van der Waals surface area contributed by atoms with Gasteiger partial charge in [-0.2, -0.15) is 0 Å². The lowest BCUT2D eigenvalue weighted by molar-refractivity contribution is -0.154. The van der Waals surface area contributed by atoms with Crippen LogP contribution >= 0.6 is 0 Å². The van der Waals surface area contributed by atoms with Crippen molar-refractivity contribution in [1.82, 2.24) is 20.4 Å². The van der Waals surface area contributed by atoms with Gasteiger partial charge in [0.15, 0.2) is 0 Å². The number of ether oxygens (including phenoxy) is 3. The molecule has 0 heterocycles. The predicted octanol–water partition coefficient (Wildman–Crippen LogP) is 10.7. The number of nitrogens with one attached hydrogen (secondary N) is 2. The summed E-state index contributed by atoms with van der Waals surface area (Å²) in [6, 6.07) is 0. The second kappa shape index (κ2) is 46.6. The van der Waals surface area contributed by atoms with E-state index >= 15 is 0 Å². The Balaban J connectivity index is 0. The molecule has 0 aromatic rings. The Morgan fingerprint density at radius 3 is 1.20 bits per heavy atom. The highest BCUT2D eigenvalue weighted by molar-refractivity contribution is 5.82. The van der Waals surface area contributed by atoms with Gasteiger partial charge in [0.25, 0.3) is 0 Å². The average Bonchev–Trinajstić information content (AvgIpc) is 3.37. The fourth-order valence-corrected chi connectivity index (χ4v) is 8.67. The van der Waals surface area contributed by atoms with Crippen molar-refractivity contribution in [2.24, 2.45) is 28.6 Å². The van der Waals surface area contributed by atoms with Crippen LogP contribution in [0.15, 0.2) is 0 Å². The third-order valence-corrected chi connectivity index (χ3v) is 14.2. The van der Waals surface area contributed by atoms with Crippen LogP contribution in [0.3, 0.4) is 0 Å². The molecule has 0 spiro atoms. The van der Waals surface area contributed by atoms with Crippen LogP contribution in [-0.2, 0) is 43.0 Å². The van der Waals surface area contributed by atoms with Crippen molar-refractivity contribution in [2.75, 3.05) is 74.2 Å². The molecule has 5 N–H and O–H groups in total. The molecule has 0 aromatic heterocycles. The van der Waals surface area contributed by atoms with E-state index in [1.807, 2.05) is 38.0 Å². The van der Waals surface area contributed by atoms with Gasteiger partial charge < -0.3 is 50.0 Å². The normalized spacial score (nSPS) is 13.7. The number of rotatable bonds is 48. The molecule has 0 aliphatic heterocycles. The number of nitrogens with zero attached hydrogens (tertiary/aromatic N) is 2. The lowest BCUT2D eigenvalue weighted by Gasteiger charge is -2.29. The number of hydrogen-bond donors (Lipinski definition) is 5. The van der Waals surface area contributed by atoms with Gasteiger partial charge in [-0.05, 0) is 59.3 Å². The van der Waals surface area contributed by atoms with E-state index in [9.17, 15) is 44.1 Å². The van der Waals surface area contributed by atoms with Gasteiger partial charge in [0.1, 0.15) is 12.2 Å². The topological polar surface area (TPSA) is 221 Å². The monoisotopic (exact) mass is 1080 g/mol. The maximum atomic E-state index is 12.7. The molecule has 0 bridgehead atoms. The van der Waals surface area contributed by atoms with Crippen molar-refractivity contribution < 1.29 is 58.3 Å². The highest BCUT2D eigenvalue weighted by Crippen LogP contribution is 2.27. The molecular formula is C60H116N4O12. The zero-order valence-corrected chi connectivity index (χ0v) is 50.5. The number of carboxylic acid groups (broad SMARTS) is 1. The second-order valence-corrected chi connectivity index (χ2v) is 23.5. The smallest absolute Gasteiger partial charge is 0.308 e. The molecule has 0 aliphatic carbocycles. The van der Waals surface area contributed by atoms with Crippen molar-refractivity contribution in [3.8, 4) is 0 Å². The molecule has 0 aliphatic rings. The van der Waals surface area contributed by atoms with E-state index in [0.29, 0.717) is 38.0 Å². The number of carboxylic acids is 1. The average molecular weight is 1090 g/mol. The summed E-state index contributed by atoms with van der Waals surface area (Å²) in [4.78, 5) is 77.0. The van der Waals surface area contributed by atoms with Crippen LogP contribution in [0.2, 0.25) is 0 Å². The SMILES string of the molecule is CCCCCCCCC(CCCCCC)CC(CNC(=O)[C@H](O)C(C)(C)COC(=O)CCN(C)C)C(=O)O.CCCCCCCCC(CCCCCC)COC(=O)CCNC(=O)[C@H](O)C(C)(C)COC(=O)CCN(C)C. The number of aliphatic hydroxyl groups excluding tert-OH is 2. The van der Waals surface area contributed by atoms with Crippen LogP contribution in [0.4, 0.5) is 0 Å². The standard InChI is InChI=1S/2C30H58N2O6/c1-7-9-11-13-14-16-18-25(17-15-12-10-8-2)23-37-26(33)19-21-31-29(36)28(35)30(3,4)24-38-27(34)20-22-32(5)6;1-7-9-11-13-14-16-18-24(17-15-12-10-8-2)21-25(29(36)37)22-31-28(35)27(34)30(3,4)23-38-26(33)19-20-32(5)6/h25,28,35H,7-24H2,1-6H3,(H,31,36);24-25,27,34H,7-23H2,1-6H3,(H,31,35)(H,36,37)/t25?,28-;24?,25?,27-/m00/s1. The summed E-state index contributed by atoms with van der Waals surface area (Å²) in [5, 5.41) is 36.2. The first-order valence-electron chi connectivity index (χ1n) is 29.9. The molecule has 5 atom stereocenters. The van der Waals surface area contributed by atoms with E-state index in [1.165, 1.54) is 116 Å². The summed E-state index contributed by atoms with van der Waals surface area (Å²) in [6.07, 6.45) is 26.7. The first-order valence-corrected chi connectivity index (χ1v) is 29.9. The minimum Gasteiger partial charge on any atom is -0.481 e. The molecule has 0 radical (unpaired) electrons. The minimum atomic E-state index is -1.42. The van der Waals surface area contributed by atoms with Crippen molar-refractivity contribution in [1.29, 1.82) is 0 Å². The van der Waals surface area contributed by atoms with Crippen molar-refractivity contribution in [3.05, 3.63) is 0 Å². The highest BCUT2D eigenvalue weighted by Gasteiger charge is 2.37. The molecule has 76 heavy (non-hydrogen) atoms. The summed E-state index contributed by atoms with van der Waals surface area (Å²) >= 11 is 0. The van der Waals surface area contributed by atoms with Crippen LogP contribution in [0.1, 0.15) is 235 Å². The Kier molecular flexibility index (Phi) is 45.8. The summed E-state index contributed by atoms with van der Waals surface area (Å²) < 4.78 is 16.1. The first-order chi connectivity index (χ1) is 36.0. The summed E-state index contributed by atoms with van der Waals surface area (Å²) in [5.41, 5.74) is -1.96. The lowest BCUT2D eigenvalue weighted by Crippen LogP contribution is -2.48. The van der Waals surface area contributed by atoms with Gasteiger partial charge in [-0.3, -0.25) is 28.8 Å². The van der Waals surface area contributed by atoms with Crippen LogP contribution in [0, 0.1) is 28.6 Å². The molecule has 16 nitrogen and oxygen atoms in total. The van der Waals surface area contributed by atoms with E-state index in [-0.39, 0.29) is 63.5 Å². The van der Waals surface area contributed by atoms with E-state index in [1.54, 1.807) is 27.7 Å². The Hall–Kier alpha value is -3.34. The van der Waals surface area contributed by atoms with E-state index in [2.05, 4.69) is 38.3 Å². The number of aliphatic carboxylic acids is 1. The number of aliphatic hydroxyl groups is 2. The van der Waals surface area contributed by atoms with Crippen molar-refractivity contribution in [2.45, 2.75) is 247 Å². The first kappa shape index (κ1) is 74.7. The molecule has 0 saturated heterocycles. The quantitative estimate of drug-likeness (QED) is 0.0217. The molecule has 0 rings (SSSR count). The fraction of sp³-hybridized carbons (Fsp3) is 0.900. The van der Waals surface area contributed by atoms with Crippen LogP contribution in [0.25, 0.3) is 0 Å². The number of amides is 2. The third-order valence-electron chi connectivity index (χ3n) is 14.2. The Labute approximate surface area is 463 Å². The maximum Gasteiger partial charge on any atom is 0.308 e. The van der Waals surface area contributed by atoms with Gasteiger partial charge in [0.05, 0.1) is 45.0 Å². The van der Waals surface area contributed by atoms with Crippen LogP contribution in [-0.4, -0.2) is 147 Å². The molecule has 0 saturated carbocycles. The maximum absolute atomic E-state index is 12.7. The lowest BCUT2D eigenvalue weighted by atomic mass is 9.85. The van der Waals surface area contributed by atoms with Gasteiger partial charge in [0, 0.05) is 37.0 Å². The summed E-state index contributed by atoms with van der Waals surface area (Å²) in [5.74, 6) is -3.24. The number of carbonyl (C=O) groups excluding carboxylic acids is 5. The van der Waals surface area contributed by atoms with Crippen LogP contribution in [0.5, 0.6) is 0 Å². The zero-order valence-electron chi connectivity index (χ0n) is 50.5. The van der Waals surface area contributed by atoms with Gasteiger partial charge in [-0.15, -0.1) is 0 Å². The van der Waals surface area contributed by atoms with Crippen molar-refractivity contribution >= 4 is 35.7 Å². The van der Waals surface area contributed by atoms with Gasteiger partial charge >= 0.3 is 23.9 Å². The third kappa shape index (κ3) is 41.7. The van der Waals surface area contributed by atoms with Crippen LogP contribution < -0.4 is 10.6 Å². The number of unbranched alkanes of at least 4 members (excludes halogenated alkanes) is 16.